The second-order valence-electron chi connectivity index (χ2n) is 5.70. The number of fused-ring (bicyclic) bond motifs is 1. The summed E-state index contributed by atoms with van der Waals surface area (Å²) in [6, 6.07) is 10.1. The van der Waals surface area contributed by atoms with Crippen LogP contribution in [0.25, 0.3) is 10.9 Å². The minimum absolute atomic E-state index is 0.738. The second kappa shape index (κ2) is 5.51. The van der Waals surface area contributed by atoms with Gasteiger partial charge in [-0.1, -0.05) is 31.2 Å². The van der Waals surface area contributed by atoms with E-state index in [1.807, 2.05) is 24.4 Å². The van der Waals surface area contributed by atoms with Crippen molar-refractivity contribution < 1.29 is 5.11 Å². The van der Waals surface area contributed by atoms with Crippen LogP contribution in [0.4, 0.5) is 0 Å². The quantitative estimate of drug-likeness (QED) is 0.911. The van der Waals surface area contributed by atoms with E-state index in [-0.39, 0.29) is 0 Å². The molecular weight excluding hydrogens is 248 g/mol. The van der Waals surface area contributed by atoms with Gasteiger partial charge in [0.15, 0.2) is 0 Å². The molecule has 1 N–H and O–H groups in total. The lowest BCUT2D eigenvalue weighted by molar-refractivity contribution is 0.0226. The van der Waals surface area contributed by atoms with Crippen molar-refractivity contribution in [3.8, 4) is 0 Å². The Morgan fingerprint density at radius 1 is 1.20 bits per heavy atom. The Labute approximate surface area is 120 Å². The number of hydrogen-bond donors (Lipinski definition) is 1. The third kappa shape index (κ3) is 2.43. The van der Waals surface area contributed by atoms with E-state index in [0.29, 0.717) is 0 Å². The van der Waals surface area contributed by atoms with Crippen LogP contribution in [0, 0.1) is 0 Å². The van der Waals surface area contributed by atoms with E-state index in [0.717, 1.165) is 55.4 Å². The van der Waals surface area contributed by atoms with Gasteiger partial charge in [-0.05, 0) is 38.4 Å². The van der Waals surface area contributed by atoms with Crippen molar-refractivity contribution in [2.24, 2.45) is 0 Å². The van der Waals surface area contributed by atoms with Gasteiger partial charge in [0, 0.05) is 23.7 Å². The second-order valence-corrected chi connectivity index (χ2v) is 5.70. The third-order valence-electron chi connectivity index (χ3n) is 4.49. The van der Waals surface area contributed by atoms with Crippen LogP contribution >= 0.6 is 0 Å². The fourth-order valence-electron chi connectivity index (χ4n) is 3.24. The Hall–Kier alpha value is -1.45. The molecule has 3 rings (SSSR count). The normalized spacial score (nSPS) is 24.7. The topological polar surface area (TPSA) is 36.4 Å². The molecule has 3 heteroatoms. The minimum atomic E-state index is -0.738. The highest BCUT2D eigenvalue weighted by Gasteiger charge is 2.33. The number of aromatic nitrogens is 1. The van der Waals surface area contributed by atoms with Gasteiger partial charge in [-0.25, -0.2) is 0 Å². The van der Waals surface area contributed by atoms with E-state index in [2.05, 4.69) is 28.9 Å². The van der Waals surface area contributed by atoms with Crippen molar-refractivity contribution in [1.82, 2.24) is 9.88 Å². The Bertz CT molecular complexity index is 593. The van der Waals surface area contributed by atoms with Crippen molar-refractivity contribution in [1.29, 1.82) is 0 Å². The Morgan fingerprint density at radius 2 is 2.05 bits per heavy atom. The van der Waals surface area contributed by atoms with Gasteiger partial charge in [0.1, 0.15) is 0 Å². The Balaban J connectivity index is 2.01. The molecule has 0 spiro atoms. The fraction of sp³-hybridized carbons (Fsp3) is 0.471. The molecule has 3 nitrogen and oxygen atoms in total. The summed E-state index contributed by atoms with van der Waals surface area (Å²) in [6.45, 7) is 5.28. The van der Waals surface area contributed by atoms with Crippen LogP contribution in [-0.4, -0.2) is 34.6 Å². The van der Waals surface area contributed by atoms with Crippen LogP contribution in [0.5, 0.6) is 0 Å². The molecule has 0 amide bonds. The van der Waals surface area contributed by atoms with Crippen LogP contribution in [-0.2, 0) is 5.60 Å². The first-order chi connectivity index (χ1) is 9.73. The molecule has 20 heavy (non-hydrogen) atoms. The number of aliphatic hydroxyl groups is 1. The molecule has 1 fully saturated rings. The van der Waals surface area contributed by atoms with Gasteiger partial charge >= 0.3 is 0 Å². The lowest BCUT2D eigenvalue weighted by Crippen LogP contribution is -2.29. The van der Waals surface area contributed by atoms with E-state index >= 15 is 0 Å². The maximum Gasteiger partial charge on any atom is 0.0930 e. The molecule has 1 atom stereocenters. The van der Waals surface area contributed by atoms with E-state index in [4.69, 9.17) is 0 Å². The molecule has 1 aromatic heterocycles. The molecule has 0 saturated carbocycles. The minimum Gasteiger partial charge on any atom is -0.385 e. The van der Waals surface area contributed by atoms with Crippen LogP contribution in [0.1, 0.15) is 31.7 Å². The summed E-state index contributed by atoms with van der Waals surface area (Å²) in [7, 11) is 0. The molecular formula is C17H22N2O. The highest BCUT2D eigenvalue weighted by atomic mass is 16.3. The highest BCUT2D eigenvalue weighted by Crippen LogP contribution is 2.36. The monoisotopic (exact) mass is 270 g/mol. The Morgan fingerprint density at radius 3 is 2.90 bits per heavy atom. The zero-order valence-electron chi connectivity index (χ0n) is 12.0. The number of hydrogen-bond acceptors (Lipinski definition) is 3. The number of para-hydroxylation sites is 1. The zero-order chi connectivity index (χ0) is 14.0. The van der Waals surface area contributed by atoms with Gasteiger partial charge in [0.25, 0.3) is 0 Å². The van der Waals surface area contributed by atoms with Crippen LogP contribution in [0.3, 0.4) is 0 Å². The SMILES string of the molecule is CCN1CCCC(O)(c2cccc3cccnc23)CC1. The molecule has 106 valence electrons. The van der Waals surface area contributed by atoms with Crippen LogP contribution < -0.4 is 0 Å². The first kappa shape index (κ1) is 13.5. The molecule has 1 aromatic carbocycles. The smallest absolute Gasteiger partial charge is 0.0930 e. The molecule has 1 unspecified atom stereocenters. The summed E-state index contributed by atoms with van der Waals surface area (Å²) in [5, 5.41) is 12.3. The average Bonchev–Trinajstić information content (AvgIpc) is 2.69. The summed E-state index contributed by atoms with van der Waals surface area (Å²) in [6.07, 6.45) is 4.45. The molecule has 0 radical (unpaired) electrons. The molecule has 1 aliphatic heterocycles. The van der Waals surface area contributed by atoms with Crippen LogP contribution in [0.2, 0.25) is 0 Å². The number of rotatable bonds is 2. The fourth-order valence-corrected chi connectivity index (χ4v) is 3.24. The van der Waals surface area contributed by atoms with E-state index in [1.165, 1.54) is 0 Å². The van der Waals surface area contributed by atoms with E-state index < -0.39 is 5.60 Å². The number of likely N-dealkylation sites (tertiary alicyclic amines) is 1. The summed E-state index contributed by atoms with van der Waals surface area (Å²) >= 11 is 0. The van der Waals surface area contributed by atoms with Crippen molar-refractivity contribution in [2.75, 3.05) is 19.6 Å². The van der Waals surface area contributed by atoms with Gasteiger partial charge in [0.2, 0.25) is 0 Å². The predicted molar refractivity (Wildman–Crippen MR) is 81.6 cm³/mol. The van der Waals surface area contributed by atoms with Gasteiger partial charge in [-0.3, -0.25) is 4.98 Å². The van der Waals surface area contributed by atoms with E-state index in [1.54, 1.807) is 0 Å². The van der Waals surface area contributed by atoms with Crippen LogP contribution in [0.15, 0.2) is 36.5 Å². The molecule has 1 saturated heterocycles. The van der Waals surface area contributed by atoms with Gasteiger partial charge in [-0.15, -0.1) is 0 Å². The summed E-state index contributed by atoms with van der Waals surface area (Å²) in [5.41, 5.74) is 1.20. The van der Waals surface area contributed by atoms with Gasteiger partial charge in [0.05, 0.1) is 11.1 Å². The highest BCUT2D eigenvalue weighted by molar-refractivity contribution is 5.82. The first-order valence-electron chi connectivity index (χ1n) is 7.52. The predicted octanol–water partition coefficient (Wildman–Crippen LogP) is 2.93. The van der Waals surface area contributed by atoms with E-state index in [9.17, 15) is 5.11 Å². The van der Waals surface area contributed by atoms with Crippen molar-refractivity contribution in [3.63, 3.8) is 0 Å². The average molecular weight is 270 g/mol. The summed E-state index contributed by atoms with van der Waals surface area (Å²) < 4.78 is 0. The lowest BCUT2D eigenvalue weighted by Gasteiger charge is -2.28. The number of benzene rings is 1. The third-order valence-corrected chi connectivity index (χ3v) is 4.49. The van der Waals surface area contributed by atoms with Crippen molar-refractivity contribution in [3.05, 3.63) is 42.1 Å². The summed E-state index contributed by atoms with van der Waals surface area (Å²) in [4.78, 5) is 6.91. The van der Waals surface area contributed by atoms with Crippen molar-refractivity contribution in [2.45, 2.75) is 31.8 Å². The standard InChI is InChI=1S/C17H22N2O/c1-2-19-12-5-9-17(20,10-13-19)15-8-3-6-14-7-4-11-18-16(14)15/h3-4,6-8,11,20H,2,5,9-10,12-13H2,1H3. The Kier molecular flexibility index (Phi) is 3.72. The maximum absolute atomic E-state index is 11.2. The number of nitrogens with zero attached hydrogens (tertiary/aromatic N) is 2. The summed E-state index contributed by atoms with van der Waals surface area (Å²) in [5.74, 6) is 0. The van der Waals surface area contributed by atoms with Gasteiger partial charge in [-0.2, -0.15) is 0 Å². The first-order valence-corrected chi connectivity index (χ1v) is 7.52. The van der Waals surface area contributed by atoms with Gasteiger partial charge < -0.3 is 10.0 Å². The molecule has 1 aliphatic rings. The van der Waals surface area contributed by atoms with Crippen molar-refractivity contribution >= 4 is 10.9 Å². The molecule has 2 heterocycles. The maximum atomic E-state index is 11.2. The largest absolute Gasteiger partial charge is 0.385 e. The lowest BCUT2D eigenvalue weighted by atomic mass is 9.85. The zero-order valence-corrected chi connectivity index (χ0v) is 12.0. The number of pyridine rings is 1. The molecule has 2 aromatic rings. The molecule has 0 aliphatic carbocycles. The molecule has 0 bridgehead atoms.